The lowest BCUT2D eigenvalue weighted by atomic mass is 9.99. The lowest BCUT2D eigenvalue weighted by Gasteiger charge is -2.39. The molecule has 0 bridgehead atoms. The van der Waals surface area contributed by atoms with Crippen molar-refractivity contribution >= 4 is 5.97 Å². The first-order valence-electron chi connectivity index (χ1n) is 6.91. The Morgan fingerprint density at radius 2 is 2.22 bits per heavy atom. The molecule has 0 saturated carbocycles. The monoisotopic (exact) mass is 256 g/mol. The summed E-state index contributed by atoms with van der Waals surface area (Å²) >= 11 is 0. The van der Waals surface area contributed by atoms with E-state index in [1.165, 1.54) is 6.42 Å². The number of carboxylic acid groups (broad SMARTS) is 1. The average molecular weight is 256 g/mol. The second kappa shape index (κ2) is 6.50. The van der Waals surface area contributed by atoms with E-state index in [1.54, 1.807) is 0 Å². The lowest BCUT2D eigenvalue weighted by molar-refractivity contribution is -0.139. The Balaban J connectivity index is 1.86. The van der Waals surface area contributed by atoms with Gasteiger partial charge in [-0.2, -0.15) is 0 Å². The van der Waals surface area contributed by atoms with E-state index in [-0.39, 0.29) is 18.6 Å². The number of carboxylic acids is 1. The average Bonchev–Trinajstić information content (AvgIpc) is 2.31. The van der Waals surface area contributed by atoms with Gasteiger partial charge in [0.05, 0.1) is 19.1 Å². The van der Waals surface area contributed by atoms with Crippen LogP contribution in [0.2, 0.25) is 0 Å². The summed E-state index contributed by atoms with van der Waals surface area (Å²) in [4.78, 5) is 15.5. The van der Waals surface area contributed by atoms with Crippen LogP contribution in [0.25, 0.3) is 0 Å². The van der Waals surface area contributed by atoms with E-state index in [2.05, 4.69) is 16.8 Å². The fraction of sp³-hybridized carbons (Fsp3) is 0.923. The Kier molecular flexibility index (Phi) is 4.97. The number of hydrogen-bond donors (Lipinski definition) is 1. The molecule has 2 aliphatic rings. The summed E-state index contributed by atoms with van der Waals surface area (Å²) < 4.78 is 5.77. The van der Waals surface area contributed by atoms with Crippen LogP contribution < -0.4 is 0 Å². The number of rotatable bonds is 4. The van der Waals surface area contributed by atoms with Crippen molar-refractivity contribution in [3.63, 3.8) is 0 Å². The second-order valence-corrected chi connectivity index (χ2v) is 5.50. The summed E-state index contributed by atoms with van der Waals surface area (Å²) in [6.45, 7) is 4.63. The highest BCUT2D eigenvalue weighted by Crippen LogP contribution is 2.21. The molecule has 0 aromatic rings. The van der Waals surface area contributed by atoms with Crippen LogP contribution in [0.1, 0.15) is 25.7 Å². The molecule has 5 nitrogen and oxygen atoms in total. The number of ether oxygens (including phenoxy) is 1. The molecule has 0 amide bonds. The van der Waals surface area contributed by atoms with Gasteiger partial charge in [-0.25, -0.2) is 0 Å². The van der Waals surface area contributed by atoms with Crippen molar-refractivity contribution in [1.29, 1.82) is 0 Å². The van der Waals surface area contributed by atoms with Gasteiger partial charge in [-0.15, -0.1) is 0 Å². The molecule has 0 aromatic carbocycles. The minimum atomic E-state index is -0.686. The smallest absolute Gasteiger partial charge is 0.304 e. The van der Waals surface area contributed by atoms with Crippen LogP contribution >= 0.6 is 0 Å². The van der Waals surface area contributed by atoms with Crippen LogP contribution in [0.15, 0.2) is 0 Å². The van der Waals surface area contributed by atoms with Gasteiger partial charge >= 0.3 is 5.97 Å². The molecule has 0 spiro atoms. The van der Waals surface area contributed by atoms with Gasteiger partial charge in [-0.1, -0.05) is 6.42 Å². The van der Waals surface area contributed by atoms with Crippen molar-refractivity contribution < 1.29 is 14.6 Å². The largest absolute Gasteiger partial charge is 0.481 e. The number of carbonyl (C=O) groups is 1. The number of likely N-dealkylation sites (tertiary alicyclic amines) is 1. The van der Waals surface area contributed by atoms with E-state index < -0.39 is 5.97 Å². The number of likely N-dealkylation sites (N-methyl/N-ethyl adjacent to an activating group) is 1. The van der Waals surface area contributed by atoms with Gasteiger partial charge in [0.1, 0.15) is 0 Å². The van der Waals surface area contributed by atoms with Crippen LogP contribution in [0, 0.1) is 0 Å². The number of piperidine rings is 1. The first kappa shape index (κ1) is 13.8. The Hall–Kier alpha value is -0.650. The van der Waals surface area contributed by atoms with E-state index in [4.69, 9.17) is 9.84 Å². The van der Waals surface area contributed by atoms with Crippen LogP contribution in [-0.2, 0) is 9.53 Å². The van der Waals surface area contributed by atoms with Gasteiger partial charge in [0.2, 0.25) is 0 Å². The number of morpholine rings is 1. The van der Waals surface area contributed by atoms with Crippen molar-refractivity contribution in [3.8, 4) is 0 Å². The summed E-state index contributed by atoms with van der Waals surface area (Å²) in [6.07, 6.45) is 3.84. The Labute approximate surface area is 109 Å². The molecule has 2 atom stereocenters. The third-order valence-electron chi connectivity index (χ3n) is 3.94. The predicted molar refractivity (Wildman–Crippen MR) is 68.7 cm³/mol. The Morgan fingerprint density at radius 1 is 1.39 bits per heavy atom. The Morgan fingerprint density at radius 3 is 2.94 bits per heavy atom. The minimum Gasteiger partial charge on any atom is -0.481 e. The summed E-state index contributed by atoms with van der Waals surface area (Å²) in [5.41, 5.74) is 0. The standard InChI is InChI=1S/C13H24N2O3/c1-14-6-7-18-12(9-14)10-15-5-3-2-4-11(15)8-13(16)17/h11-12H,2-10H2,1H3,(H,16,17). The molecule has 2 aliphatic heterocycles. The number of nitrogens with zero attached hydrogens (tertiary/aromatic N) is 2. The summed E-state index contributed by atoms with van der Waals surface area (Å²) in [6, 6.07) is 0.201. The van der Waals surface area contributed by atoms with E-state index in [0.29, 0.717) is 0 Å². The maximum absolute atomic E-state index is 10.9. The van der Waals surface area contributed by atoms with Gasteiger partial charge < -0.3 is 14.7 Å². The molecule has 0 radical (unpaired) electrons. The summed E-state index contributed by atoms with van der Waals surface area (Å²) in [7, 11) is 2.11. The van der Waals surface area contributed by atoms with E-state index >= 15 is 0 Å². The van der Waals surface area contributed by atoms with Crippen molar-refractivity contribution in [2.75, 3.05) is 39.8 Å². The molecule has 1 N–H and O–H groups in total. The van der Waals surface area contributed by atoms with Gasteiger partial charge in [-0.05, 0) is 26.4 Å². The molecular formula is C13H24N2O3. The topological polar surface area (TPSA) is 53.0 Å². The molecule has 2 fully saturated rings. The molecule has 2 unspecified atom stereocenters. The van der Waals surface area contributed by atoms with E-state index in [1.807, 2.05) is 0 Å². The fourth-order valence-corrected chi connectivity index (χ4v) is 2.97. The third kappa shape index (κ3) is 3.93. The van der Waals surface area contributed by atoms with E-state index in [0.717, 1.165) is 45.6 Å². The highest BCUT2D eigenvalue weighted by molar-refractivity contribution is 5.67. The zero-order valence-electron chi connectivity index (χ0n) is 11.2. The molecule has 2 heterocycles. The zero-order chi connectivity index (χ0) is 13.0. The van der Waals surface area contributed by atoms with Crippen LogP contribution in [0.5, 0.6) is 0 Å². The van der Waals surface area contributed by atoms with E-state index in [9.17, 15) is 4.79 Å². The van der Waals surface area contributed by atoms with Gasteiger partial charge in [0.25, 0.3) is 0 Å². The quantitative estimate of drug-likeness (QED) is 0.800. The molecule has 0 aliphatic carbocycles. The van der Waals surface area contributed by atoms with Crippen molar-refractivity contribution in [2.45, 2.75) is 37.8 Å². The molecule has 0 aromatic heterocycles. The highest BCUT2D eigenvalue weighted by Gasteiger charge is 2.28. The lowest BCUT2D eigenvalue weighted by Crippen LogP contribution is -2.50. The van der Waals surface area contributed by atoms with Gasteiger partial charge in [0, 0.05) is 25.7 Å². The molecule has 5 heteroatoms. The molecule has 18 heavy (non-hydrogen) atoms. The van der Waals surface area contributed by atoms with Gasteiger partial charge in [-0.3, -0.25) is 9.69 Å². The SMILES string of the molecule is CN1CCOC(CN2CCCCC2CC(=O)O)C1. The first-order valence-corrected chi connectivity index (χ1v) is 6.91. The van der Waals surface area contributed by atoms with Crippen LogP contribution in [0.3, 0.4) is 0 Å². The molecule has 2 rings (SSSR count). The fourth-order valence-electron chi connectivity index (χ4n) is 2.97. The minimum absolute atomic E-state index is 0.201. The van der Waals surface area contributed by atoms with Crippen molar-refractivity contribution in [3.05, 3.63) is 0 Å². The third-order valence-corrected chi connectivity index (χ3v) is 3.94. The maximum Gasteiger partial charge on any atom is 0.304 e. The predicted octanol–water partition coefficient (Wildman–Crippen LogP) is 0.646. The number of aliphatic carboxylic acids is 1. The first-order chi connectivity index (χ1) is 8.65. The molecule has 2 saturated heterocycles. The van der Waals surface area contributed by atoms with Gasteiger partial charge in [0.15, 0.2) is 0 Å². The maximum atomic E-state index is 10.9. The molecule has 104 valence electrons. The van der Waals surface area contributed by atoms with Crippen molar-refractivity contribution in [2.24, 2.45) is 0 Å². The second-order valence-electron chi connectivity index (χ2n) is 5.50. The molecular weight excluding hydrogens is 232 g/mol. The zero-order valence-corrected chi connectivity index (χ0v) is 11.2. The van der Waals surface area contributed by atoms with Crippen molar-refractivity contribution in [1.82, 2.24) is 9.80 Å². The highest BCUT2D eigenvalue weighted by atomic mass is 16.5. The van der Waals surface area contributed by atoms with Crippen LogP contribution in [0.4, 0.5) is 0 Å². The normalized spacial score (nSPS) is 31.4. The van der Waals surface area contributed by atoms with Crippen LogP contribution in [-0.4, -0.2) is 72.9 Å². The Bertz CT molecular complexity index is 285. The number of hydrogen-bond acceptors (Lipinski definition) is 4. The summed E-state index contributed by atoms with van der Waals surface area (Å²) in [5.74, 6) is -0.686. The summed E-state index contributed by atoms with van der Waals surface area (Å²) in [5, 5.41) is 8.97.